The van der Waals surface area contributed by atoms with E-state index in [1.807, 2.05) is 0 Å². The Hall–Kier alpha value is -0.540. The molecule has 1 aromatic rings. The van der Waals surface area contributed by atoms with Crippen LogP contribution in [0, 0.1) is 5.92 Å². The zero-order valence-electron chi connectivity index (χ0n) is 12.1. The fourth-order valence-corrected chi connectivity index (χ4v) is 2.85. The molecule has 0 unspecified atom stereocenters. The lowest BCUT2D eigenvalue weighted by Crippen LogP contribution is -2.33. The number of halogens is 1. The Kier molecular flexibility index (Phi) is 4.91. The highest BCUT2D eigenvalue weighted by atomic mass is 79.9. The molecular formula is C16H24BrNO. The lowest BCUT2D eigenvalue weighted by Gasteiger charge is -2.26. The summed E-state index contributed by atoms with van der Waals surface area (Å²) >= 11 is 3.55. The van der Waals surface area contributed by atoms with Gasteiger partial charge in [0.2, 0.25) is 0 Å². The van der Waals surface area contributed by atoms with Gasteiger partial charge in [-0.2, -0.15) is 0 Å². The molecule has 1 fully saturated rings. The third-order valence-corrected chi connectivity index (χ3v) is 4.12. The zero-order chi connectivity index (χ0) is 13.9. The number of hydrogen-bond acceptors (Lipinski definition) is 2. The van der Waals surface area contributed by atoms with Crippen LogP contribution < -0.4 is 10.1 Å². The molecule has 19 heavy (non-hydrogen) atoms. The van der Waals surface area contributed by atoms with E-state index in [1.54, 1.807) is 0 Å². The van der Waals surface area contributed by atoms with Crippen LogP contribution in [0.3, 0.4) is 0 Å². The average molecular weight is 326 g/mol. The molecule has 0 amide bonds. The second-order valence-electron chi connectivity index (χ2n) is 6.41. The molecule has 1 aromatic carbocycles. The van der Waals surface area contributed by atoms with Crippen LogP contribution in [0.5, 0.6) is 5.75 Å². The number of ether oxygens (including phenoxy) is 1. The highest BCUT2D eigenvalue weighted by molar-refractivity contribution is 9.10. The maximum atomic E-state index is 6.10. The minimum Gasteiger partial charge on any atom is -0.493 e. The second kappa shape index (κ2) is 6.27. The number of benzene rings is 1. The van der Waals surface area contributed by atoms with Crippen molar-refractivity contribution >= 4 is 15.9 Å². The molecule has 3 heteroatoms. The highest BCUT2D eigenvalue weighted by Crippen LogP contribution is 2.34. The van der Waals surface area contributed by atoms with Crippen molar-refractivity contribution in [2.75, 3.05) is 19.7 Å². The van der Waals surface area contributed by atoms with Crippen molar-refractivity contribution in [2.45, 2.75) is 39.0 Å². The van der Waals surface area contributed by atoms with Crippen molar-refractivity contribution in [1.29, 1.82) is 0 Å². The summed E-state index contributed by atoms with van der Waals surface area (Å²) in [6, 6.07) is 6.32. The molecule has 0 spiro atoms. The van der Waals surface area contributed by atoms with Gasteiger partial charge >= 0.3 is 0 Å². The summed E-state index contributed by atoms with van der Waals surface area (Å²) in [5, 5.41) is 3.44. The third kappa shape index (κ3) is 4.22. The van der Waals surface area contributed by atoms with Crippen LogP contribution in [-0.2, 0) is 5.41 Å². The zero-order valence-corrected chi connectivity index (χ0v) is 13.7. The van der Waals surface area contributed by atoms with Gasteiger partial charge in [-0.15, -0.1) is 0 Å². The van der Waals surface area contributed by atoms with E-state index < -0.39 is 0 Å². The van der Waals surface area contributed by atoms with Gasteiger partial charge in [-0.25, -0.2) is 0 Å². The largest absolute Gasteiger partial charge is 0.493 e. The lowest BCUT2D eigenvalue weighted by atomic mass is 9.86. The molecule has 2 rings (SSSR count). The van der Waals surface area contributed by atoms with E-state index in [1.165, 1.54) is 18.4 Å². The Morgan fingerprint density at radius 3 is 2.79 bits per heavy atom. The van der Waals surface area contributed by atoms with E-state index in [0.29, 0.717) is 5.92 Å². The summed E-state index contributed by atoms with van der Waals surface area (Å²) in [6.45, 7) is 9.73. The first-order valence-electron chi connectivity index (χ1n) is 7.10. The van der Waals surface area contributed by atoms with E-state index in [9.17, 15) is 0 Å². The fraction of sp³-hybridized carbons (Fsp3) is 0.625. The summed E-state index contributed by atoms with van der Waals surface area (Å²) in [4.78, 5) is 0. The molecule has 2 nitrogen and oxygen atoms in total. The normalized spacial score (nSPS) is 20.3. The molecule has 1 saturated heterocycles. The number of piperidine rings is 1. The smallest absolute Gasteiger partial charge is 0.123 e. The molecule has 1 aliphatic heterocycles. The van der Waals surface area contributed by atoms with Gasteiger partial charge in [-0.1, -0.05) is 36.7 Å². The van der Waals surface area contributed by atoms with Crippen LogP contribution in [0.15, 0.2) is 22.7 Å². The summed E-state index contributed by atoms with van der Waals surface area (Å²) in [5.74, 6) is 1.67. The van der Waals surface area contributed by atoms with Crippen molar-refractivity contribution in [1.82, 2.24) is 5.32 Å². The molecule has 0 saturated carbocycles. The average Bonchev–Trinajstić information content (AvgIpc) is 2.37. The van der Waals surface area contributed by atoms with Crippen LogP contribution in [0.4, 0.5) is 0 Å². The van der Waals surface area contributed by atoms with Gasteiger partial charge in [0.05, 0.1) is 6.61 Å². The number of nitrogens with one attached hydrogen (secondary N) is 1. The van der Waals surface area contributed by atoms with Gasteiger partial charge in [0.1, 0.15) is 5.75 Å². The van der Waals surface area contributed by atoms with Crippen LogP contribution >= 0.6 is 15.9 Å². The molecule has 106 valence electrons. The molecule has 0 radical (unpaired) electrons. The minimum absolute atomic E-state index is 0.101. The Morgan fingerprint density at radius 2 is 2.16 bits per heavy atom. The SMILES string of the molecule is CC(C)(C)c1cc(Br)ccc1OC[C@@H]1CCCNC1. The monoisotopic (exact) mass is 325 g/mol. The Labute approximate surface area is 125 Å². The Balaban J connectivity index is 2.06. The van der Waals surface area contributed by atoms with Crippen molar-refractivity contribution in [3.8, 4) is 5.75 Å². The maximum Gasteiger partial charge on any atom is 0.123 e. The van der Waals surface area contributed by atoms with Crippen molar-refractivity contribution in [2.24, 2.45) is 5.92 Å². The van der Waals surface area contributed by atoms with Crippen LogP contribution in [-0.4, -0.2) is 19.7 Å². The molecule has 0 aliphatic carbocycles. The first-order valence-corrected chi connectivity index (χ1v) is 7.89. The predicted molar refractivity (Wildman–Crippen MR) is 83.9 cm³/mol. The molecular weight excluding hydrogens is 302 g/mol. The van der Waals surface area contributed by atoms with E-state index in [4.69, 9.17) is 4.74 Å². The van der Waals surface area contributed by atoms with E-state index in [-0.39, 0.29) is 5.41 Å². The summed E-state index contributed by atoms with van der Waals surface area (Å²) in [7, 11) is 0. The maximum absolute atomic E-state index is 6.10. The van der Waals surface area contributed by atoms with E-state index in [2.05, 4.69) is 60.2 Å². The van der Waals surface area contributed by atoms with Gasteiger partial charge in [0.15, 0.2) is 0 Å². The summed E-state index contributed by atoms with van der Waals surface area (Å²) < 4.78 is 7.21. The molecule has 1 N–H and O–H groups in total. The fourth-order valence-electron chi connectivity index (χ4n) is 2.49. The highest BCUT2D eigenvalue weighted by Gasteiger charge is 2.20. The molecule has 1 aliphatic rings. The van der Waals surface area contributed by atoms with Crippen molar-refractivity contribution in [3.05, 3.63) is 28.2 Å². The molecule has 0 bridgehead atoms. The van der Waals surface area contributed by atoms with Gasteiger partial charge in [0, 0.05) is 22.5 Å². The number of hydrogen-bond donors (Lipinski definition) is 1. The molecule has 1 heterocycles. The van der Waals surface area contributed by atoms with Crippen molar-refractivity contribution < 1.29 is 4.74 Å². The first-order chi connectivity index (χ1) is 8.97. The molecule has 0 aromatic heterocycles. The first kappa shape index (κ1) is 14.9. The summed E-state index contributed by atoms with van der Waals surface area (Å²) in [6.07, 6.45) is 2.54. The van der Waals surface area contributed by atoms with Gasteiger partial charge in [-0.05, 0) is 43.0 Å². The topological polar surface area (TPSA) is 21.3 Å². The predicted octanol–water partition coefficient (Wildman–Crippen LogP) is 4.13. The Morgan fingerprint density at radius 1 is 1.37 bits per heavy atom. The lowest BCUT2D eigenvalue weighted by molar-refractivity contribution is 0.215. The van der Waals surface area contributed by atoms with Crippen LogP contribution in [0.25, 0.3) is 0 Å². The quantitative estimate of drug-likeness (QED) is 0.902. The van der Waals surface area contributed by atoms with E-state index in [0.717, 1.165) is 29.9 Å². The van der Waals surface area contributed by atoms with Gasteiger partial charge in [0.25, 0.3) is 0 Å². The second-order valence-corrected chi connectivity index (χ2v) is 7.33. The van der Waals surface area contributed by atoms with Crippen LogP contribution in [0.2, 0.25) is 0 Å². The van der Waals surface area contributed by atoms with Crippen LogP contribution in [0.1, 0.15) is 39.2 Å². The minimum atomic E-state index is 0.101. The number of rotatable bonds is 3. The Bertz CT molecular complexity index is 419. The van der Waals surface area contributed by atoms with Gasteiger partial charge in [-0.3, -0.25) is 0 Å². The van der Waals surface area contributed by atoms with Crippen molar-refractivity contribution in [3.63, 3.8) is 0 Å². The van der Waals surface area contributed by atoms with E-state index >= 15 is 0 Å². The summed E-state index contributed by atoms with van der Waals surface area (Å²) in [5.41, 5.74) is 1.37. The standard InChI is InChI=1S/C16H24BrNO/c1-16(2,3)14-9-13(17)6-7-15(14)19-11-12-5-4-8-18-10-12/h6-7,9,12,18H,4-5,8,10-11H2,1-3H3/t12-/m1/s1. The molecule has 1 atom stereocenters. The van der Waals surface area contributed by atoms with Gasteiger partial charge < -0.3 is 10.1 Å². The third-order valence-electron chi connectivity index (χ3n) is 3.62.